The molecule has 2 fully saturated rings. The van der Waals surface area contributed by atoms with Crippen molar-refractivity contribution in [2.45, 2.75) is 31.3 Å². The topological polar surface area (TPSA) is 74.3 Å². The maximum absolute atomic E-state index is 13.5. The first-order valence-corrected chi connectivity index (χ1v) is 9.94. The fourth-order valence-corrected chi connectivity index (χ4v) is 4.64. The summed E-state index contributed by atoms with van der Waals surface area (Å²) in [7, 11) is 0. The summed E-state index contributed by atoms with van der Waals surface area (Å²) in [5.41, 5.74) is -0.159. The van der Waals surface area contributed by atoms with Crippen molar-refractivity contribution >= 4 is 23.3 Å². The number of rotatable bonds is 5. The van der Waals surface area contributed by atoms with E-state index >= 15 is 0 Å². The summed E-state index contributed by atoms with van der Waals surface area (Å²) >= 11 is 1.42. The van der Waals surface area contributed by atoms with Gasteiger partial charge in [0, 0.05) is 18.0 Å². The molecule has 3 heterocycles. The number of benzene rings is 1. The molecule has 2 aliphatic rings. The predicted molar refractivity (Wildman–Crippen MR) is 99.6 cm³/mol. The molecular weight excluding hydrogens is 367 g/mol. The van der Waals surface area contributed by atoms with E-state index in [1.807, 2.05) is 5.38 Å². The van der Waals surface area contributed by atoms with Gasteiger partial charge in [-0.2, -0.15) is 0 Å². The summed E-state index contributed by atoms with van der Waals surface area (Å²) < 4.78 is 13.3. The highest BCUT2D eigenvalue weighted by atomic mass is 32.1. The number of imide groups is 1. The highest BCUT2D eigenvalue weighted by Crippen LogP contribution is 2.36. The Hall–Kier alpha value is -2.32. The number of hydrogen-bond donors (Lipinski definition) is 2. The van der Waals surface area contributed by atoms with E-state index < -0.39 is 5.54 Å². The molecule has 0 saturated carbocycles. The molecule has 3 amide bonds. The molecule has 8 heteroatoms. The lowest BCUT2D eigenvalue weighted by atomic mass is 9.74. The Morgan fingerprint density at radius 1 is 1.22 bits per heavy atom. The lowest BCUT2D eigenvalue weighted by molar-refractivity contribution is -0.134. The highest BCUT2D eigenvalue weighted by molar-refractivity contribution is 7.09. The van der Waals surface area contributed by atoms with Crippen molar-refractivity contribution < 1.29 is 14.0 Å². The molecule has 0 spiro atoms. The van der Waals surface area contributed by atoms with Crippen LogP contribution < -0.4 is 10.6 Å². The van der Waals surface area contributed by atoms with Crippen molar-refractivity contribution in [3.05, 3.63) is 52.2 Å². The second-order valence-corrected chi connectivity index (χ2v) is 8.03. The molecule has 1 atom stereocenters. The summed E-state index contributed by atoms with van der Waals surface area (Å²) in [6, 6.07) is 5.76. The van der Waals surface area contributed by atoms with E-state index in [2.05, 4.69) is 15.6 Å². The first-order valence-electron chi connectivity index (χ1n) is 9.06. The summed E-state index contributed by atoms with van der Waals surface area (Å²) in [5.74, 6) is -0.498. The Morgan fingerprint density at radius 2 is 1.96 bits per heavy atom. The van der Waals surface area contributed by atoms with Crippen LogP contribution in [0, 0.1) is 11.7 Å². The van der Waals surface area contributed by atoms with Crippen LogP contribution in [0.25, 0.3) is 0 Å². The van der Waals surface area contributed by atoms with E-state index in [-0.39, 0.29) is 30.2 Å². The molecule has 142 valence electrons. The van der Waals surface area contributed by atoms with Gasteiger partial charge in [0.2, 0.25) is 0 Å². The molecule has 2 saturated heterocycles. The van der Waals surface area contributed by atoms with Gasteiger partial charge in [-0.05, 0) is 49.5 Å². The number of piperidine rings is 1. The lowest BCUT2D eigenvalue weighted by Gasteiger charge is -2.38. The van der Waals surface area contributed by atoms with Gasteiger partial charge in [-0.25, -0.2) is 14.2 Å². The fraction of sp³-hybridized carbons (Fsp3) is 0.421. The van der Waals surface area contributed by atoms with Crippen LogP contribution >= 0.6 is 11.3 Å². The van der Waals surface area contributed by atoms with Crippen LogP contribution in [0.15, 0.2) is 35.8 Å². The molecule has 2 aromatic rings. The zero-order chi connectivity index (χ0) is 18.9. The fourth-order valence-electron chi connectivity index (χ4n) is 4.03. The molecule has 1 aromatic heterocycles. The third-order valence-electron chi connectivity index (χ3n) is 5.41. The number of carbonyl (C=O) groups is 2. The third-order valence-corrected chi connectivity index (χ3v) is 6.18. The van der Waals surface area contributed by atoms with E-state index in [1.54, 1.807) is 18.3 Å². The smallest absolute Gasteiger partial charge is 0.322 e. The summed E-state index contributed by atoms with van der Waals surface area (Å²) in [6.07, 6.45) is 3.63. The van der Waals surface area contributed by atoms with E-state index in [1.165, 1.54) is 28.4 Å². The van der Waals surface area contributed by atoms with Gasteiger partial charge in [0.1, 0.15) is 16.4 Å². The number of nitrogens with zero attached hydrogens (tertiary/aromatic N) is 2. The minimum absolute atomic E-state index is 0.0292. The number of amides is 3. The van der Waals surface area contributed by atoms with Gasteiger partial charge >= 0.3 is 6.03 Å². The average molecular weight is 388 g/mol. The molecule has 1 aromatic carbocycles. The molecule has 2 aliphatic heterocycles. The number of thiazole rings is 1. The summed E-state index contributed by atoms with van der Waals surface area (Å²) in [4.78, 5) is 31.6. The monoisotopic (exact) mass is 388 g/mol. The van der Waals surface area contributed by atoms with Gasteiger partial charge in [0.05, 0.1) is 6.54 Å². The van der Waals surface area contributed by atoms with Crippen molar-refractivity contribution in [1.29, 1.82) is 0 Å². The van der Waals surface area contributed by atoms with Gasteiger partial charge in [0.25, 0.3) is 5.91 Å². The highest BCUT2D eigenvalue weighted by Gasteiger charge is 2.55. The van der Waals surface area contributed by atoms with Crippen LogP contribution in [0.4, 0.5) is 9.18 Å². The Balaban J connectivity index is 1.66. The zero-order valence-corrected chi connectivity index (χ0v) is 15.6. The van der Waals surface area contributed by atoms with Crippen LogP contribution in [-0.2, 0) is 17.8 Å². The molecule has 4 rings (SSSR count). The van der Waals surface area contributed by atoms with Gasteiger partial charge in [-0.3, -0.25) is 9.69 Å². The molecular formula is C19H21FN4O2S. The van der Waals surface area contributed by atoms with Crippen LogP contribution in [0.3, 0.4) is 0 Å². The zero-order valence-electron chi connectivity index (χ0n) is 14.8. The van der Waals surface area contributed by atoms with E-state index in [9.17, 15) is 14.0 Å². The SMILES string of the molecule is O=C1N[C@@](Cc2ccc(F)cc2)(C2CCNCC2)C(=O)N1Cc1nccs1. The Kier molecular flexibility index (Phi) is 4.92. The second-order valence-electron chi connectivity index (χ2n) is 7.05. The van der Waals surface area contributed by atoms with Crippen LogP contribution in [-0.4, -0.2) is 40.5 Å². The molecule has 6 nitrogen and oxygen atoms in total. The van der Waals surface area contributed by atoms with Gasteiger partial charge in [0.15, 0.2) is 0 Å². The number of urea groups is 1. The molecule has 0 unspecified atom stereocenters. The Bertz CT molecular complexity index is 821. The number of aromatic nitrogens is 1. The van der Waals surface area contributed by atoms with Crippen molar-refractivity contribution in [2.75, 3.05) is 13.1 Å². The quantitative estimate of drug-likeness (QED) is 0.771. The molecule has 0 bridgehead atoms. The number of hydrogen-bond acceptors (Lipinski definition) is 5. The number of nitrogens with one attached hydrogen (secondary N) is 2. The molecule has 0 radical (unpaired) electrons. The third kappa shape index (κ3) is 3.46. The normalized spacial score (nSPS) is 23.7. The Labute approximate surface area is 160 Å². The van der Waals surface area contributed by atoms with Crippen molar-refractivity contribution in [3.8, 4) is 0 Å². The van der Waals surface area contributed by atoms with Crippen LogP contribution in [0.5, 0.6) is 0 Å². The molecule has 27 heavy (non-hydrogen) atoms. The summed E-state index contributed by atoms with van der Waals surface area (Å²) in [5, 5.41) is 8.86. The van der Waals surface area contributed by atoms with Gasteiger partial charge in [-0.1, -0.05) is 12.1 Å². The Morgan fingerprint density at radius 3 is 2.63 bits per heavy atom. The average Bonchev–Trinajstić information content (AvgIpc) is 3.28. The molecule has 0 aliphatic carbocycles. The predicted octanol–water partition coefficient (Wildman–Crippen LogP) is 2.32. The minimum atomic E-state index is -0.992. The largest absolute Gasteiger partial charge is 0.325 e. The maximum Gasteiger partial charge on any atom is 0.325 e. The number of carbonyl (C=O) groups excluding carboxylic acids is 2. The second kappa shape index (κ2) is 7.36. The van der Waals surface area contributed by atoms with E-state index in [0.717, 1.165) is 36.5 Å². The standard InChI is InChI=1S/C19H21FN4O2S/c20-15-3-1-13(2-4-15)11-19(14-5-7-21-8-6-14)17(25)24(18(26)23-19)12-16-22-9-10-27-16/h1-4,9-10,14,21H,5-8,11-12H2,(H,23,26)/t19-/m0/s1. The lowest BCUT2D eigenvalue weighted by Crippen LogP contribution is -2.57. The minimum Gasteiger partial charge on any atom is -0.322 e. The van der Waals surface area contributed by atoms with Gasteiger partial charge < -0.3 is 10.6 Å². The van der Waals surface area contributed by atoms with Crippen molar-refractivity contribution in [2.24, 2.45) is 5.92 Å². The van der Waals surface area contributed by atoms with E-state index in [0.29, 0.717) is 6.42 Å². The van der Waals surface area contributed by atoms with Crippen LogP contribution in [0.2, 0.25) is 0 Å². The first-order chi connectivity index (χ1) is 13.1. The van der Waals surface area contributed by atoms with Crippen LogP contribution in [0.1, 0.15) is 23.4 Å². The van der Waals surface area contributed by atoms with E-state index in [4.69, 9.17) is 0 Å². The molecule has 2 N–H and O–H groups in total. The van der Waals surface area contributed by atoms with Crippen molar-refractivity contribution in [1.82, 2.24) is 20.5 Å². The first kappa shape index (κ1) is 18.1. The maximum atomic E-state index is 13.5. The van der Waals surface area contributed by atoms with Crippen molar-refractivity contribution in [3.63, 3.8) is 0 Å². The number of halogens is 1. The summed E-state index contributed by atoms with van der Waals surface area (Å²) in [6.45, 7) is 1.80. The van der Waals surface area contributed by atoms with Gasteiger partial charge in [-0.15, -0.1) is 11.3 Å².